The lowest BCUT2D eigenvalue weighted by atomic mass is 10.2. The third-order valence-electron chi connectivity index (χ3n) is 3.26. The predicted molar refractivity (Wildman–Crippen MR) is 91.6 cm³/mol. The Bertz CT molecular complexity index is 485. The molecule has 7 heteroatoms. The summed E-state index contributed by atoms with van der Waals surface area (Å²) in [5.74, 6) is 0.822. The number of guanidine groups is 1. The van der Waals surface area contributed by atoms with Crippen molar-refractivity contribution in [2.24, 2.45) is 4.99 Å². The molecule has 0 amide bonds. The quantitative estimate of drug-likeness (QED) is 0.368. The molecule has 2 N–H and O–H groups in total. The van der Waals surface area contributed by atoms with Crippen LogP contribution in [0.1, 0.15) is 31.7 Å². The molecule has 1 aromatic rings. The van der Waals surface area contributed by atoms with Crippen molar-refractivity contribution in [1.82, 2.24) is 10.6 Å². The molecule has 1 aromatic carbocycles. The number of ether oxygens (including phenoxy) is 2. The Morgan fingerprint density at radius 3 is 2.67 bits per heavy atom. The summed E-state index contributed by atoms with van der Waals surface area (Å²) in [5, 5.41) is 6.38. The summed E-state index contributed by atoms with van der Waals surface area (Å²) in [6.45, 7) is 1.70. The topological polar surface area (TPSA) is 54.9 Å². The zero-order valence-electron chi connectivity index (χ0n) is 14.4. The van der Waals surface area contributed by atoms with Gasteiger partial charge >= 0.3 is 6.61 Å². The number of benzene rings is 1. The Morgan fingerprint density at radius 1 is 1.17 bits per heavy atom. The number of rotatable bonds is 11. The van der Waals surface area contributed by atoms with E-state index in [1.54, 1.807) is 25.3 Å². The maximum atomic E-state index is 12.4. The number of nitrogens with zero attached hydrogens (tertiary/aromatic N) is 1. The number of alkyl halides is 2. The van der Waals surface area contributed by atoms with Gasteiger partial charge in [-0.1, -0.05) is 18.2 Å². The van der Waals surface area contributed by atoms with Crippen LogP contribution in [0.15, 0.2) is 29.3 Å². The molecule has 0 saturated carbocycles. The summed E-state index contributed by atoms with van der Waals surface area (Å²) < 4.78 is 34.4. The first kappa shape index (κ1) is 20.2. The average molecular weight is 343 g/mol. The molecule has 0 spiro atoms. The van der Waals surface area contributed by atoms with Gasteiger partial charge in [-0.15, -0.1) is 0 Å². The van der Waals surface area contributed by atoms with Crippen molar-refractivity contribution in [3.8, 4) is 5.75 Å². The van der Waals surface area contributed by atoms with E-state index in [0.29, 0.717) is 11.5 Å². The van der Waals surface area contributed by atoms with E-state index < -0.39 is 6.61 Å². The van der Waals surface area contributed by atoms with Gasteiger partial charge in [0.15, 0.2) is 5.96 Å². The first-order valence-corrected chi connectivity index (χ1v) is 8.21. The minimum absolute atomic E-state index is 0.159. The molecule has 0 fully saturated rings. The first-order valence-electron chi connectivity index (χ1n) is 8.21. The molecule has 0 heterocycles. The van der Waals surface area contributed by atoms with Crippen LogP contribution in [-0.2, 0) is 11.3 Å². The highest BCUT2D eigenvalue weighted by Crippen LogP contribution is 2.20. The Morgan fingerprint density at radius 2 is 1.96 bits per heavy atom. The maximum absolute atomic E-state index is 12.4. The van der Waals surface area contributed by atoms with Gasteiger partial charge in [-0.05, 0) is 32.3 Å². The van der Waals surface area contributed by atoms with E-state index in [-0.39, 0.29) is 12.3 Å². The fraction of sp³-hybridized carbons (Fsp3) is 0.588. The van der Waals surface area contributed by atoms with Gasteiger partial charge in [-0.2, -0.15) is 8.78 Å². The summed E-state index contributed by atoms with van der Waals surface area (Å²) in [6.07, 6.45) is 3.12. The highest BCUT2D eigenvalue weighted by molar-refractivity contribution is 5.79. The third-order valence-corrected chi connectivity index (χ3v) is 3.26. The third kappa shape index (κ3) is 8.67. The van der Waals surface area contributed by atoms with E-state index in [1.807, 2.05) is 6.92 Å². The van der Waals surface area contributed by atoms with Gasteiger partial charge in [0.05, 0.1) is 6.54 Å². The summed E-state index contributed by atoms with van der Waals surface area (Å²) in [4.78, 5) is 4.43. The largest absolute Gasteiger partial charge is 0.434 e. The van der Waals surface area contributed by atoms with Crippen LogP contribution in [0.25, 0.3) is 0 Å². The van der Waals surface area contributed by atoms with E-state index in [0.717, 1.165) is 39.0 Å². The molecular formula is C17H27F2N3O2. The zero-order valence-corrected chi connectivity index (χ0v) is 14.4. The molecule has 0 unspecified atom stereocenters. The molecule has 24 heavy (non-hydrogen) atoms. The van der Waals surface area contributed by atoms with Crippen LogP contribution in [-0.4, -0.2) is 39.4 Å². The van der Waals surface area contributed by atoms with E-state index in [9.17, 15) is 8.78 Å². The lowest BCUT2D eigenvalue weighted by Gasteiger charge is -2.12. The lowest BCUT2D eigenvalue weighted by Crippen LogP contribution is -2.37. The molecule has 0 atom stereocenters. The Labute approximate surface area is 142 Å². The second kappa shape index (κ2) is 12.5. The van der Waals surface area contributed by atoms with Crippen LogP contribution in [0.2, 0.25) is 0 Å². The SMILES string of the molecule is CCNC(=NCc1ccccc1OC(F)F)NCCCCCOC. The van der Waals surface area contributed by atoms with Crippen molar-refractivity contribution < 1.29 is 18.3 Å². The summed E-state index contributed by atoms with van der Waals surface area (Å²) >= 11 is 0. The Kier molecular flexibility index (Phi) is 10.5. The van der Waals surface area contributed by atoms with Crippen LogP contribution in [0.4, 0.5) is 8.78 Å². The van der Waals surface area contributed by atoms with Crippen LogP contribution in [0.3, 0.4) is 0 Å². The average Bonchev–Trinajstić information content (AvgIpc) is 2.56. The van der Waals surface area contributed by atoms with Gasteiger partial charge in [-0.3, -0.25) is 0 Å². The molecule has 0 aliphatic rings. The van der Waals surface area contributed by atoms with E-state index in [4.69, 9.17) is 4.74 Å². The molecule has 0 radical (unpaired) electrons. The molecule has 0 aliphatic carbocycles. The standard InChI is InChI=1S/C17H27F2N3O2/c1-3-20-17(21-11-7-4-8-12-23-2)22-13-14-9-5-6-10-15(14)24-16(18)19/h5-6,9-10,16H,3-4,7-8,11-13H2,1-2H3,(H2,20,21,22). The lowest BCUT2D eigenvalue weighted by molar-refractivity contribution is -0.0504. The minimum Gasteiger partial charge on any atom is -0.434 e. The second-order valence-electron chi connectivity index (χ2n) is 5.16. The first-order chi connectivity index (χ1) is 11.7. The summed E-state index contributed by atoms with van der Waals surface area (Å²) in [5.41, 5.74) is 0.620. The molecule has 0 bridgehead atoms. The molecule has 0 aromatic heterocycles. The maximum Gasteiger partial charge on any atom is 0.387 e. The van der Waals surface area contributed by atoms with Gasteiger partial charge < -0.3 is 20.1 Å². The van der Waals surface area contributed by atoms with Crippen LogP contribution >= 0.6 is 0 Å². The highest BCUT2D eigenvalue weighted by Gasteiger charge is 2.08. The Balaban J connectivity index is 2.53. The van der Waals surface area contributed by atoms with Crippen LogP contribution in [0, 0.1) is 0 Å². The van der Waals surface area contributed by atoms with Gasteiger partial charge in [0, 0.05) is 32.4 Å². The fourth-order valence-electron chi connectivity index (χ4n) is 2.11. The number of nitrogens with one attached hydrogen (secondary N) is 2. The van der Waals surface area contributed by atoms with Crippen molar-refractivity contribution in [2.75, 3.05) is 26.8 Å². The number of para-hydroxylation sites is 1. The van der Waals surface area contributed by atoms with E-state index in [1.165, 1.54) is 6.07 Å². The minimum atomic E-state index is -2.84. The summed E-state index contributed by atoms with van der Waals surface area (Å²) in [6, 6.07) is 6.69. The molecule has 5 nitrogen and oxygen atoms in total. The van der Waals surface area contributed by atoms with Gasteiger partial charge in [0.2, 0.25) is 0 Å². The van der Waals surface area contributed by atoms with Crippen molar-refractivity contribution >= 4 is 5.96 Å². The number of hydrogen-bond acceptors (Lipinski definition) is 3. The Hall–Kier alpha value is -1.89. The number of hydrogen-bond donors (Lipinski definition) is 2. The van der Waals surface area contributed by atoms with Crippen molar-refractivity contribution in [2.45, 2.75) is 39.3 Å². The zero-order chi connectivity index (χ0) is 17.6. The predicted octanol–water partition coefficient (Wildman–Crippen LogP) is 3.16. The number of methoxy groups -OCH3 is 1. The highest BCUT2D eigenvalue weighted by atomic mass is 19.3. The van der Waals surface area contributed by atoms with Gasteiger partial charge in [-0.25, -0.2) is 4.99 Å². The second-order valence-corrected chi connectivity index (χ2v) is 5.16. The smallest absolute Gasteiger partial charge is 0.387 e. The molecule has 0 saturated heterocycles. The van der Waals surface area contributed by atoms with Crippen molar-refractivity contribution in [3.63, 3.8) is 0 Å². The normalized spacial score (nSPS) is 11.6. The van der Waals surface area contributed by atoms with Crippen LogP contribution < -0.4 is 15.4 Å². The van der Waals surface area contributed by atoms with Crippen molar-refractivity contribution in [3.05, 3.63) is 29.8 Å². The van der Waals surface area contributed by atoms with E-state index >= 15 is 0 Å². The van der Waals surface area contributed by atoms with Crippen LogP contribution in [0.5, 0.6) is 5.75 Å². The molecule has 1 rings (SSSR count). The molecule has 136 valence electrons. The van der Waals surface area contributed by atoms with Gasteiger partial charge in [0.1, 0.15) is 5.75 Å². The van der Waals surface area contributed by atoms with Gasteiger partial charge in [0.25, 0.3) is 0 Å². The molecular weight excluding hydrogens is 316 g/mol. The fourth-order valence-corrected chi connectivity index (χ4v) is 2.11. The molecule has 0 aliphatic heterocycles. The summed E-state index contributed by atoms with van der Waals surface area (Å²) in [7, 11) is 1.70. The van der Waals surface area contributed by atoms with Crippen molar-refractivity contribution in [1.29, 1.82) is 0 Å². The number of unbranched alkanes of at least 4 members (excludes halogenated alkanes) is 2. The number of halogens is 2. The monoisotopic (exact) mass is 343 g/mol. The number of aliphatic imine (C=N–C) groups is 1. The van der Waals surface area contributed by atoms with E-state index in [2.05, 4.69) is 20.4 Å².